The zero-order chi connectivity index (χ0) is 12.3. The molecule has 0 aromatic heterocycles. The molecule has 0 radical (unpaired) electrons. The Labute approximate surface area is 95.0 Å². The SMILES string of the molecule is CCOC1=NC(OC)=NS(=O)(=O)N1C(C)C. The van der Waals surface area contributed by atoms with E-state index in [0.717, 1.165) is 4.31 Å². The van der Waals surface area contributed by atoms with Crippen molar-refractivity contribution < 1.29 is 17.9 Å². The van der Waals surface area contributed by atoms with Crippen LogP contribution in [0.5, 0.6) is 0 Å². The lowest BCUT2D eigenvalue weighted by Crippen LogP contribution is -2.45. The molecule has 0 fully saturated rings. The van der Waals surface area contributed by atoms with Crippen molar-refractivity contribution in [3.05, 3.63) is 0 Å². The highest BCUT2D eigenvalue weighted by Gasteiger charge is 2.34. The van der Waals surface area contributed by atoms with Crippen molar-refractivity contribution in [2.24, 2.45) is 9.39 Å². The van der Waals surface area contributed by atoms with Crippen LogP contribution in [0.15, 0.2) is 9.39 Å². The van der Waals surface area contributed by atoms with E-state index >= 15 is 0 Å². The summed E-state index contributed by atoms with van der Waals surface area (Å²) in [7, 11) is -2.52. The van der Waals surface area contributed by atoms with Gasteiger partial charge in [0.15, 0.2) is 0 Å². The molecule has 1 aliphatic rings. The fourth-order valence-corrected chi connectivity index (χ4v) is 2.41. The molecular formula is C8H15N3O4S. The van der Waals surface area contributed by atoms with Gasteiger partial charge in [0, 0.05) is 6.04 Å². The maximum atomic E-state index is 11.8. The zero-order valence-corrected chi connectivity index (χ0v) is 10.5. The average Bonchev–Trinajstić information content (AvgIpc) is 2.15. The summed E-state index contributed by atoms with van der Waals surface area (Å²) in [6, 6.07) is -0.554. The summed E-state index contributed by atoms with van der Waals surface area (Å²) in [5.41, 5.74) is 0. The molecule has 0 atom stereocenters. The van der Waals surface area contributed by atoms with Crippen LogP contribution in [0.3, 0.4) is 0 Å². The summed E-state index contributed by atoms with van der Waals surface area (Å²) < 4.78 is 37.8. The van der Waals surface area contributed by atoms with Gasteiger partial charge < -0.3 is 9.47 Å². The molecule has 0 bridgehead atoms. The van der Waals surface area contributed by atoms with Crippen LogP contribution < -0.4 is 0 Å². The molecule has 7 nitrogen and oxygen atoms in total. The first-order valence-corrected chi connectivity index (χ1v) is 6.22. The second-order valence-corrected chi connectivity index (χ2v) is 4.74. The lowest BCUT2D eigenvalue weighted by molar-refractivity contribution is 0.266. The number of methoxy groups -OCH3 is 1. The predicted octanol–water partition coefficient (Wildman–Crippen LogP) is 0.350. The second-order valence-electron chi connectivity index (χ2n) is 3.27. The highest BCUT2D eigenvalue weighted by atomic mass is 32.2. The van der Waals surface area contributed by atoms with Crippen molar-refractivity contribution in [1.29, 1.82) is 0 Å². The van der Waals surface area contributed by atoms with Gasteiger partial charge in [-0.25, -0.2) is 4.31 Å². The highest BCUT2D eigenvalue weighted by Crippen LogP contribution is 2.16. The van der Waals surface area contributed by atoms with Gasteiger partial charge in [-0.2, -0.15) is 8.42 Å². The third kappa shape index (κ3) is 2.43. The topological polar surface area (TPSA) is 80.6 Å². The largest absolute Gasteiger partial charge is 0.466 e. The van der Waals surface area contributed by atoms with Crippen LogP contribution >= 0.6 is 0 Å². The molecule has 16 heavy (non-hydrogen) atoms. The molecule has 1 aliphatic heterocycles. The van der Waals surface area contributed by atoms with Gasteiger partial charge in [0.1, 0.15) is 0 Å². The number of hydrogen-bond acceptors (Lipinski definition) is 5. The minimum Gasteiger partial charge on any atom is -0.466 e. The molecule has 0 saturated heterocycles. The normalized spacial score (nSPS) is 19.2. The fourth-order valence-electron chi connectivity index (χ4n) is 1.19. The van der Waals surface area contributed by atoms with E-state index in [1.165, 1.54) is 7.11 Å². The van der Waals surface area contributed by atoms with Gasteiger partial charge in [-0.15, -0.1) is 4.99 Å². The number of nitrogens with zero attached hydrogens (tertiary/aromatic N) is 3. The molecule has 0 aromatic carbocycles. The number of ether oxygens (including phenoxy) is 2. The molecule has 92 valence electrons. The molecule has 0 spiro atoms. The molecule has 8 heteroatoms. The van der Waals surface area contributed by atoms with Crippen molar-refractivity contribution in [2.45, 2.75) is 26.8 Å². The Morgan fingerprint density at radius 1 is 1.44 bits per heavy atom. The summed E-state index contributed by atoms with van der Waals surface area (Å²) in [6.07, 6.45) is 0. The lowest BCUT2D eigenvalue weighted by Gasteiger charge is -2.27. The molecule has 0 aliphatic carbocycles. The van der Waals surface area contributed by atoms with Crippen molar-refractivity contribution in [1.82, 2.24) is 4.31 Å². The monoisotopic (exact) mass is 249 g/mol. The van der Waals surface area contributed by atoms with E-state index in [-0.39, 0.29) is 18.1 Å². The number of amidine groups is 2. The van der Waals surface area contributed by atoms with E-state index in [2.05, 4.69) is 9.39 Å². The minimum absolute atomic E-state index is 0.00986. The first-order valence-electron chi connectivity index (χ1n) is 4.82. The van der Waals surface area contributed by atoms with Crippen molar-refractivity contribution >= 4 is 22.3 Å². The zero-order valence-electron chi connectivity index (χ0n) is 9.67. The van der Waals surface area contributed by atoms with E-state index in [4.69, 9.17) is 9.47 Å². The Morgan fingerprint density at radius 3 is 2.50 bits per heavy atom. The number of hydrogen-bond donors (Lipinski definition) is 0. The maximum absolute atomic E-state index is 11.8. The fraction of sp³-hybridized carbons (Fsp3) is 0.750. The summed E-state index contributed by atoms with van der Waals surface area (Å²) in [5, 5.41) is 0. The smallest absolute Gasteiger partial charge is 0.353 e. The van der Waals surface area contributed by atoms with Crippen molar-refractivity contribution in [3.8, 4) is 0 Å². The summed E-state index contributed by atoms with van der Waals surface area (Å²) in [4.78, 5) is 3.86. The second kappa shape index (κ2) is 4.69. The Bertz CT molecular complexity index is 413. The molecular weight excluding hydrogens is 234 g/mol. The van der Waals surface area contributed by atoms with Crippen LogP contribution in [-0.2, 0) is 19.7 Å². The van der Waals surface area contributed by atoms with E-state index in [0.29, 0.717) is 6.61 Å². The predicted molar refractivity (Wildman–Crippen MR) is 59.4 cm³/mol. The Morgan fingerprint density at radius 2 is 2.06 bits per heavy atom. The van der Waals surface area contributed by atoms with Crippen LogP contribution in [0, 0.1) is 0 Å². The Hall–Kier alpha value is -1.31. The lowest BCUT2D eigenvalue weighted by atomic mass is 10.4. The van der Waals surface area contributed by atoms with Gasteiger partial charge in [-0.05, 0) is 20.8 Å². The molecule has 0 N–H and O–H groups in total. The van der Waals surface area contributed by atoms with Crippen LogP contribution in [0.1, 0.15) is 20.8 Å². The third-order valence-corrected chi connectivity index (χ3v) is 3.21. The van der Waals surface area contributed by atoms with Gasteiger partial charge >= 0.3 is 22.3 Å². The molecule has 0 saturated carbocycles. The maximum Gasteiger partial charge on any atom is 0.353 e. The van der Waals surface area contributed by atoms with Gasteiger partial charge in [-0.3, -0.25) is 0 Å². The first kappa shape index (κ1) is 12.8. The summed E-state index contributed by atoms with van der Waals surface area (Å²) in [6.45, 7) is 5.47. The molecule has 1 heterocycles. The number of rotatable bonds is 2. The van der Waals surface area contributed by atoms with Crippen LogP contribution in [0.25, 0.3) is 0 Å². The van der Waals surface area contributed by atoms with Crippen molar-refractivity contribution in [3.63, 3.8) is 0 Å². The van der Waals surface area contributed by atoms with Gasteiger partial charge in [0.2, 0.25) is 0 Å². The van der Waals surface area contributed by atoms with Gasteiger partial charge in [0.25, 0.3) is 0 Å². The van der Waals surface area contributed by atoms with Crippen molar-refractivity contribution in [2.75, 3.05) is 13.7 Å². The summed E-state index contributed by atoms with van der Waals surface area (Å²) >= 11 is 0. The van der Waals surface area contributed by atoms with E-state index < -0.39 is 10.2 Å². The molecule has 0 unspecified atom stereocenters. The van der Waals surface area contributed by atoms with E-state index in [1.807, 2.05) is 0 Å². The van der Waals surface area contributed by atoms with Gasteiger partial charge in [-0.1, -0.05) is 4.40 Å². The molecule has 0 amide bonds. The molecule has 1 rings (SSSR count). The van der Waals surface area contributed by atoms with Gasteiger partial charge in [0.05, 0.1) is 13.7 Å². The van der Waals surface area contributed by atoms with Crippen LogP contribution in [0.2, 0.25) is 0 Å². The van der Waals surface area contributed by atoms with Crippen LogP contribution in [-0.4, -0.2) is 44.5 Å². The summed E-state index contributed by atoms with van der Waals surface area (Å²) in [5.74, 6) is 0. The quantitative estimate of drug-likeness (QED) is 0.707. The van der Waals surface area contributed by atoms with E-state index in [9.17, 15) is 8.42 Å². The highest BCUT2D eigenvalue weighted by molar-refractivity contribution is 7.88. The van der Waals surface area contributed by atoms with E-state index in [1.54, 1.807) is 20.8 Å². The molecule has 0 aromatic rings. The first-order chi connectivity index (χ1) is 7.42. The van der Waals surface area contributed by atoms with Crippen LogP contribution in [0.4, 0.5) is 0 Å². The number of aliphatic imine (C=N–C) groups is 1. The third-order valence-electron chi connectivity index (χ3n) is 1.75. The Kier molecular flexibility index (Phi) is 3.74. The minimum atomic E-state index is -3.81. The Balaban J connectivity index is 3.18. The standard InChI is InChI=1S/C8H15N3O4S/c1-5-15-8-9-7(14-4)10-16(12,13)11(8)6(2)3/h6H,5H2,1-4H3. The average molecular weight is 249 g/mol.